The van der Waals surface area contributed by atoms with Crippen LogP contribution in [0.15, 0.2) is 41.6 Å². The second-order valence-corrected chi connectivity index (χ2v) is 7.04. The monoisotopic (exact) mass is 397 g/mol. The average molecular weight is 398 g/mol. The first-order chi connectivity index (χ1) is 13.5. The van der Waals surface area contributed by atoms with Crippen LogP contribution in [-0.2, 0) is 20.0 Å². The van der Waals surface area contributed by atoms with Crippen LogP contribution in [0.2, 0.25) is 5.02 Å². The number of aromatic nitrogens is 6. The van der Waals surface area contributed by atoms with Gasteiger partial charge in [0.15, 0.2) is 0 Å². The van der Waals surface area contributed by atoms with Gasteiger partial charge in [-0.25, -0.2) is 4.98 Å². The Bertz CT molecular complexity index is 1190. The Hall–Kier alpha value is -3.13. The molecule has 0 aliphatic carbocycles. The molecule has 0 atom stereocenters. The maximum atomic E-state index is 12.2. The van der Waals surface area contributed by atoms with Gasteiger partial charge in [0, 0.05) is 42.1 Å². The number of nitrogens with one attached hydrogen (secondary N) is 2. The molecular weight excluding hydrogens is 378 g/mol. The number of imidazole rings is 1. The van der Waals surface area contributed by atoms with E-state index in [0.29, 0.717) is 23.3 Å². The first-order valence-electron chi connectivity index (χ1n) is 9.03. The highest BCUT2D eigenvalue weighted by Crippen LogP contribution is 2.24. The first kappa shape index (κ1) is 18.2. The molecule has 3 heterocycles. The molecule has 0 saturated heterocycles. The minimum absolute atomic E-state index is 0.201. The van der Waals surface area contributed by atoms with Crippen molar-refractivity contribution in [2.75, 3.05) is 5.32 Å². The molecule has 0 aliphatic rings. The predicted octanol–water partition coefficient (Wildman–Crippen LogP) is 3.04. The standard InChI is InChI=1S/C19H20ClN7O/c1-3-4-14-8-17(28)27-19(23-14)24-18(25-27)21-9-13-7-12(5-6-15(13)20)16-10-26(2)11-22-16/h5-8,10-11H,3-4,9H2,1-2H3,(H2,21,23,24,25). The molecule has 0 bridgehead atoms. The van der Waals surface area contributed by atoms with Crippen LogP contribution in [0.3, 0.4) is 0 Å². The second kappa shape index (κ2) is 7.47. The topological polar surface area (TPSA) is 92.9 Å². The van der Waals surface area contributed by atoms with Crippen molar-refractivity contribution < 1.29 is 0 Å². The van der Waals surface area contributed by atoms with Crippen molar-refractivity contribution in [3.63, 3.8) is 0 Å². The van der Waals surface area contributed by atoms with Gasteiger partial charge in [-0.2, -0.15) is 9.50 Å². The van der Waals surface area contributed by atoms with Gasteiger partial charge in [-0.05, 0) is 24.1 Å². The molecule has 4 aromatic rings. The first-order valence-corrected chi connectivity index (χ1v) is 9.41. The number of aromatic amines is 1. The maximum absolute atomic E-state index is 12.2. The van der Waals surface area contributed by atoms with E-state index in [1.807, 2.05) is 36.0 Å². The lowest BCUT2D eigenvalue weighted by Crippen LogP contribution is -2.15. The summed E-state index contributed by atoms with van der Waals surface area (Å²) in [4.78, 5) is 24.1. The van der Waals surface area contributed by atoms with E-state index in [4.69, 9.17) is 11.6 Å². The molecule has 0 unspecified atom stereocenters. The van der Waals surface area contributed by atoms with Crippen LogP contribution in [0.1, 0.15) is 24.6 Å². The predicted molar refractivity (Wildman–Crippen MR) is 109 cm³/mol. The molecule has 0 aliphatic heterocycles. The molecule has 4 rings (SSSR count). The number of nitrogens with zero attached hydrogens (tertiary/aromatic N) is 5. The SMILES string of the molecule is CCCc1cc(=O)n2nc(NCc3cc(-c4cn(C)cn4)ccc3Cl)nc2[nH]1. The molecule has 9 heteroatoms. The molecule has 28 heavy (non-hydrogen) atoms. The Morgan fingerprint density at radius 1 is 1.29 bits per heavy atom. The summed E-state index contributed by atoms with van der Waals surface area (Å²) in [7, 11) is 1.93. The molecule has 3 aromatic heterocycles. The number of fused-ring (bicyclic) bond motifs is 1. The lowest BCUT2D eigenvalue weighted by molar-refractivity contribution is 0.837. The Morgan fingerprint density at radius 3 is 2.89 bits per heavy atom. The maximum Gasteiger partial charge on any atom is 0.275 e. The molecule has 8 nitrogen and oxygen atoms in total. The molecule has 2 N–H and O–H groups in total. The summed E-state index contributed by atoms with van der Waals surface area (Å²) in [6.07, 6.45) is 5.43. The van der Waals surface area contributed by atoms with Crippen molar-refractivity contribution in [3.05, 3.63) is 63.4 Å². The van der Waals surface area contributed by atoms with E-state index in [1.165, 1.54) is 4.52 Å². The summed E-state index contributed by atoms with van der Waals surface area (Å²) in [5.41, 5.74) is 3.39. The number of anilines is 1. The fraction of sp³-hybridized carbons (Fsp3) is 0.263. The van der Waals surface area contributed by atoms with Gasteiger partial charge in [0.05, 0.1) is 12.0 Å². The molecule has 0 radical (unpaired) electrons. The largest absolute Gasteiger partial charge is 0.349 e. The fourth-order valence-electron chi connectivity index (χ4n) is 3.02. The minimum Gasteiger partial charge on any atom is -0.349 e. The molecule has 144 valence electrons. The van der Waals surface area contributed by atoms with Crippen LogP contribution in [0.25, 0.3) is 17.0 Å². The van der Waals surface area contributed by atoms with Gasteiger partial charge in [-0.15, -0.1) is 5.10 Å². The molecule has 0 fully saturated rings. The van der Waals surface area contributed by atoms with E-state index in [9.17, 15) is 4.79 Å². The van der Waals surface area contributed by atoms with Gasteiger partial charge in [-0.1, -0.05) is 31.0 Å². The lowest BCUT2D eigenvalue weighted by Gasteiger charge is -2.07. The summed E-state index contributed by atoms with van der Waals surface area (Å²) >= 11 is 6.35. The van der Waals surface area contributed by atoms with Crippen molar-refractivity contribution in [1.29, 1.82) is 0 Å². The number of H-pyrrole nitrogens is 1. The second-order valence-electron chi connectivity index (χ2n) is 6.64. The summed E-state index contributed by atoms with van der Waals surface area (Å²) in [6, 6.07) is 7.33. The zero-order valence-electron chi connectivity index (χ0n) is 15.6. The third-order valence-corrected chi connectivity index (χ3v) is 4.76. The molecule has 1 aromatic carbocycles. The Balaban J connectivity index is 1.57. The van der Waals surface area contributed by atoms with Gasteiger partial charge in [-0.3, -0.25) is 4.79 Å². The van der Waals surface area contributed by atoms with Crippen LogP contribution >= 0.6 is 11.6 Å². The number of benzene rings is 1. The Morgan fingerprint density at radius 2 is 2.14 bits per heavy atom. The van der Waals surface area contributed by atoms with Crippen molar-refractivity contribution in [2.24, 2.45) is 7.05 Å². The highest BCUT2D eigenvalue weighted by molar-refractivity contribution is 6.31. The highest BCUT2D eigenvalue weighted by atomic mass is 35.5. The minimum atomic E-state index is -0.201. The third-order valence-electron chi connectivity index (χ3n) is 4.39. The summed E-state index contributed by atoms with van der Waals surface area (Å²) < 4.78 is 3.15. The zero-order chi connectivity index (χ0) is 19.7. The van der Waals surface area contributed by atoms with Gasteiger partial charge in [0.25, 0.3) is 5.56 Å². The van der Waals surface area contributed by atoms with Crippen LogP contribution < -0.4 is 10.9 Å². The Labute approximate surface area is 166 Å². The zero-order valence-corrected chi connectivity index (χ0v) is 16.4. The van der Waals surface area contributed by atoms with Gasteiger partial charge in [0.1, 0.15) is 0 Å². The number of hydrogen-bond acceptors (Lipinski definition) is 5. The smallest absolute Gasteiger partial charge is 0.275 e. The van der Waals surface area contributed by atoms with Crippen LogP contribution in [0.4, 0.5) is 5.95 Å². The number of halogens is 1. The molecule has 0 amide bonds. The van der Waals surface area contributed by atoms with Gasteiger partial charge < -0.3 is 14.9 Å². The van der Waals surface area contributed by atoms with Crippen LogP contribution in [0.5, 0.6) is 0 Å². The quantitative estimate of drug-likeness (QED) is 0.521. The van der Waals surface area contributed by atoms with Crippen molar-refractivity contribution in [3.8, 4) is 11.3 Å². The van der Waals surface area contributed by atoms with Gasteiger partial charge in [0.2, 0.25) is 11.7 Å². The van der Waals surface area contributed by atoms with Gasteiger partial charge >= 0.3 is 0 Å². The average Bonchev–Trinajstić information content (AvgIpc) is 3.28. The normalized spacial score (nSPS) is 11.2. The molecular formula is C19H20ClN7O. The van der Waals surface area contributed by atoms with E-state index >= 15 is 0 Å². The lowest BCUT2D eigenvalue weighted by atomic mass is 10.1. The van der Waals surface area contributed by atoms with E-state index in [2.05, 4.69) is 32.3 Å². The van der Waals surface area contributed by atoms with E-state index in [-0.39, 0.29) is 5.56 Å². The van der Waals surface area contributed by atoms with E-state index in [1.54, 1.807) is 12.4 Å². The molecule has 0 spiro atoms. The Kier molecular flexibility index (Phi) is 4.87. The summed E-state index contributed by atoms with van der Waals surface area (Å²) in [5.74, 6) is 0.785. The van der Waals surface area contributed by atoms with E-state index in [0.717, 1.165) is 35.4 Å². The van der Waals surface area contributed by atoms with Crippen molar-refractivity contribution in [2.45, 2.75) is 26.3 Å². The van der Waals surface area contributed by atoms with E-state index < -0.39 is 0 Å². The number of aryl methyl sites for hydroxylation is 2. The highest BCUT2D eigenvalue weighted by Gasteiger charge is 2.10. The third kappa shape index (κ3) is 3.63. The van der Waals surface area contributed by atoms with Crippen LogP contribution in [0, 0.1) is 0 Å². The van der Waals surface area contributed by atoms with Crippen molar-refractivity contribution >= 4 is 23.3 Å². The molecule has 0 saturated carbocycles. The van der Waals surface area contributed by atoms with Crippen molar-refractivity contribution in [1.82, 2.24) is 29.1 Å². The summed E-state index contributed by atoms with van der Waals surface area (Å²) in [5, 5.41) is 8.01. The summed E-state index contributed by atoms with van der Waals surface area (Å²) in [6.45, 7) is 2.48. The number of rotatable bonds is 6. The fourth-order valence-corrected chi connectivity index (χ4v) is 3.21. The number of hydrogen-bond donors (Lipinski definition) is 2. The van der Waals surface area contributed by atoms with Crippen LogP contribution in [-0.4, -0.2) is 29.1 Å².